The van der Waals surface area contributed by atoms with Gasteiger partial charge < -0.3 is 20.5 Å². The summed E-state index contributed by atoms with van der Waals surface area (Å²) in [4.78, 5) is 45.8. The molecule has 210 valence electrons. The molecule has 1 aliphatic rings. The van der Waals surface area contributed by atoms with Crippen LogP contribution < -0.4 is 15.5 Å². The highest BCUT2D eigenvalue weighted by Crippen LogP contribution is 2.35. The minimum atomic E-state index is -0.893. The van der Waals surface area contributed by atoms with Crippen molar-refractivity contribution in [3.8, 4) is 0 Å². The number of aromatic amines is 1. The number of hydrogen-bond donors (Lipinski definition) is 3. The topological polar surface area (TPSA) is 94.3 Å². The van der Waals surface area contributed by atoms with Crippen LogP contribution in [0.15, 0.2) is 115 Å². The molecule has 0 saturated carbocycles. The van der Waals surface area contributed by atoms with Gasteiger partial charge in [-0.1, -0.05) is 97.1 Å². The lowest BCUT2D eigenvalue weighted by atomic mass is 9.86. The van der Waals surface area contributed by atoms with Gasteiger partial charge in [-0.05, 0) is 47.7 Å². The van der Waals surface area contributed by atoms with Crippen molar-refractivity contribution in [3.63, 3.8) is 0 Å². The molecule has 2 heterocycles. The number of aromatic nitrogens is 1. The second-order valence-corrected chi connectivity index (χ2v) is 10.6. The Morgan fingerprint density at radius 1 is 0.833 bits per heavy atom. The largest absolute Gasteiger partial charge is 0.354 e. The summed E-state index contributed by atoms with van der Waals surface area (Å²) < 4.78 is 0. The maximum absolute atomic E-state index is 14.4. The van der Waals surface area contributed by atoms with Crippen LogP contribution in [0.4, 0.5) is 5.69 Å². The number of para-hydroxylation sites is 2. The standard InChI is InChI=1S/C35H32N4O3/c40-32(36-20-19-24-11-3-1-4-12-24)23-39-31-18-10-8-16-27(31)21-28(25-13-5-2-6-14-25)33(35(39)42)38-34(41)30-22-26-15-7-9-17-29(26)37-30/h1-18,22,28,33,37H,19-21,23H2,(H,36,40)(H,38,41)/t28-,33+/m0/s1. The molecule has 7 nitrogen and oxygen atoms in total. The zero-order valence-electron chi connectivity index (χ0n) is 23.1. The Bertz CT molecular complexity index is 1680. The van der Waals surface area contributed by atoms with Crippen molar-refractivity contribution in [2.45, 2.75) is 24.8 Å². The van der Waals surface area contributed by atoms with E-state index in [0.29, 0.717) is 30.8 Å². The molecule has 0 bridgehead atoms. The molecule has 0 saturated heterocycles. The van der Waals surface area contributed by atoms with E-state index in [1.807, 2.05) is 109 Å². The van der Waals surface area contributed by atoms with E-state index in [4.69, 9.17) is 0 Å². The van der Waals surface area contributed by atoms with Crippen molar-refractivity contribution >= 4 is 34.3 Å². The fourth-order valence-corrected chi connectivity index (χ4v) is 5.70. The van der Waals surface area contributed by atoms with Crippen LogP contribution in [0, 0.1) is 0 Å². The van der Waals surface area contributed by atoms with E-state index in [2.05, 4.69) is 15.6 Å². The van der Waals surface area contributed by atoms with Gasteiger partial charge in [0.05, 0.1) is 0 Å². The molecular weight excluding hydrogens is 524 g/mol. The first-order valence-electron chi connectivity index (χ1n) is 14.2. The predicted molar refractivity (Wildman–Crippen MR) is 164 cm³/mol. The normalized spacial score (nSPS) is 16.5. The Hall–Kier alpha value is -5.17. The molecule has 1 aliphatic heterocycles. The summed E-state index contributed by atoms with van der Waals surface area (Å²) >= 11 is 0. The molecule has 5 aromatic rings. The lowest BCUT2D eigenvalue weighted by Crippen LogP contribution is -2.53. The first-order chi connectivity index (χ1) is 20.6. The van der Waals surface area contributed by atoms with Crippen molar-refractivity contribution < 1.29 is 14.4 Å². The van der Waals surface area contributed by atoms with E-state index in [9.17, 15) is 14.4 Å². The van der Waals surface area contributed by atoms with Crippen molar-refractivity contribution in [2.75, 3.05) is 18.0 Å². The number of nitrogens with zero attached hydrogens (tertiary/aromatic N) is 1. The maximum Gasteiger partial charge on any atom is 0.268 e. The van der Waals surface area contributed by atoms with Crippen molar-refractivity contribution in [2.24, 2.45) is 0 Å². The molecule has 0 aliphatic carbocycles. The zero-order valence-corrected chi connectivity index (χ0v) is 23.1. The second kappa shape index (κ2) is 12.1. The molecule has 3 N–H and O–H groups in total. The van der Waals surface area contributed by atoms with Crippen LogP contribution in [-0.4, -0.2) is 41.8 Å². The highest BCUT2D eigenvalue weighted by atomic mass is 16.2. The maximum atomic E-state index is 14.4. The number of carbonyl (C=O) groups is 3. The van der Waals surface area contributed by atoms with E-state index in [0.717, 1.165) is 27.6 Å². The molecule has 4 aromatic carbocycles. The molecule has 6 rings (SSSR count). The van der Waals surface area contributed by atoms with Crippen molar-refractivity contribution in [1.82, 2.24) is 15.6 Å². The number of nitrogens with one attached hydrogen (secondary N) is 3. The molecule has 0 radical (unpaired) electrons. The number of fused-ring (bicyclic) bond motifs is 2. The van der Waals surface area contributed by atoms with Gasteiger partial charge in [0, 0.05) is 29.1 Å². The SMILES string of the molecule is O=C(CN1C(=O)[C@H](NC(=O)c2cc3ccccc3[nH]2)[C@H](c2ccccc2)Cc2ccccc21)NCCc1ccccc1. The van der Waals surface area contributed by atoms with Crippen LogP contribution in [0.25, 0.3) is 10.9 Å². The lowest BCUT2D eigenvalue weighted by Gasteiger charge is -2.29. The number of anilines is 1. The first-order valence-corrected chi connectivity index (χ1v) is 14.2. The molecule has 2 atom stereocenters. The van der Waals surface area contributed by atoms with Crippen LogP contribution in [0.5, 0.6) is 0 Å². The third-order valence-corrected chi connectivity index (χ3v) is 7.83. The van der Waals surface area contributed by atoms with Crippen LogP contribution >= 0.6 is 0 Å². The summed E-state index contributed by atoms with van der Waals surface area (Å²) in [6.45, 7) is 0.310. The minimum absolute atomic E-state index is 0.148. The minimum Gasteiger partial charge on any atom is -0.354 e. The van der Waals surface area contributed by atoms with Gasteiger partial charge in [-0.3, -0.25) is 14.4 Å². The summed E-state index contributed by atoms with van der Waals surface area (Å²) in [5.41, 5.74) is 4.91. The van der Waals surface area contributed by atoms with E-state index in [1.165, 1.54) is 4.90 Å². The van der Waals surface area contributed by atoms with E-state index in [-0.39, 0.29) is 30.2 Å². The number of H-pyrrole nitrogens is 1. The Kier molecular flexibility index (Phi) is 7.81. The summed E-state index contributed by atoms with van der Waals surface area (Å²) in [6.07, 6.45) is 1.21. The number of carbonyl (C=O) groups excluding carboxylic acids is 3. The number of benzene rings is 4. The molecule has 3 amide bonds. The molecule has 0 spiro atoms. The molecule has 7 heteroatoms. The van der Waals surface area contributed by atoms with Gasteiger partial charge in [-0.25, -0.2) is 0 Å². The highest BCUT2D eigenvalue weighted by molar-refractivity contribution is 6.06. The fourth-order valence-electron chi connectivity index (χ4n) is 5.70. The van der Waals surface area contributed by atoms with Gasteiger partial charge in [0.2, 0.25) is 5.91 Å². The van der Waals surface area contributed by atoms with Gasteiger partial charge in [0.25, 0.3) is 11.8 Å². The van der Waals surface area contributed by atoms with E-state index in [1.54, 1.807) is 6.07 Å². The summed E-state index contributed by atoms with van der Waals surface area (Å²) in [5.74, 6) is -1.28. The van der Waals surface area contributed by atoms with E-state index >= 15 is 0 Å². The predicted octanol–water partition coefficient (Wildman–Crippen LogP) is 5.00. The Morgan fingerprint density at radius 3 is 2.31 bits per heavy atom. The smallest absolute Gasteiger partial charge is 0.268 e. The van der Waals surface area contributed by atoms with Crippen LogP contribution in [-0.2, 0) is 22.4 Å². The zero-order chi connectivity index (χ0) is 28.9. The Morgan fingerprint density at radius 2 is 1.52 bits per heavy atom. The fraction of sp³-hybridized carbons (Fsp3) is 0.171. The second-order valence-electron chi connectivity index (χ2n) is 10.6. The quantitative estimate of drug-likeness (QED) is 0.251. The molecule has 42 heavy (non-hydrogen) atoms. The molecule has 0 fully saturated rings. The van der Waals surface area contributed by atoms with Crippen molar-refractivity contribution in [1.29, 1.82) is 0 Å². The number of hydrogen-bond acceptors (Lipinski definition) is 3. The van der Waals surface area contributed by atoms with Crippen LogP contribution in [0.3, 0.4) is 0 Å². The highest BCUT2D eigenvalue weighted by Gasteiger charge is 2.39. The summed E-state index contributed by atoms with van der Waals surface area (Å²) in [7, 11) is 0. The summed E-state index contributed by atoms with van der Waals surface area (Å²) in [5, 5.41) is 6.92. The number of rotatable bonds is 8. The van der Waals surface area contributed by atoms with Gasteiger partial charge in [0.1, 0.15) is 18.3 Å². The van der Waals surface area contributed by atoms with E-state index < -0.39 is 6.04 Å². The summed E-state index contributed by atoms with van der Waals surface area (Å²) in [6, 6.07) is 35.9. The average Bonchev–Trinajstić information content (AvgIpc) is 3.43. The van der Waals surface area contributed by atoms with Crippen LogP contribution in [0.2, 0.25) is 0 Å². The van der Waals surface area contributed by atoms with Crippen molar-refractivity contribution in [3.05, 3.63) is 138 Å². The third kappa shape index (κ3) is 5.81. The monoisotopic (exact) mass is 556 g/mol. The van der Waals surface area contributed by atoms with Crippen LogP contribution in [0.1, 0.15) is 33.1 Å². The van der Waals surface area contributed by atoms with Gasteiger partial charge >= 0.3 is 0 Å². The number of amides is 3. The Balaban J connectivity index is 1.29. The first kappa shape index (κ1) is 27.0. The average molecular weight is 557 g/mol. The van der Waals surface area contributed by atoms with Gasteiger partial charge in [-0.15, -0.1) is 0 Å². The Labute approximate surface area is 244 Å². The molecular formula is C35H32N4O3. The van der Waals surface area contributed by atoms with Gasteiger partial charge in [0.15, 0.2) is 0 Å². The molecule has 1 aromatic heterocycles. The third-order valence-electron chi connectivity index (χ3n) is 7.83. The van der Waals surface area contributed by atoms with Gasteiger partial charge in [-0.2, -0.15) is 0 Å². The lowest BCUT2D eigenvalue weighted by molar-refractivity contribution is -0.124. The molecule has 0 unspecified atom stereocenters.